The topological polar surface area (TPSA) is 62.6 Å². The molecule has 126 valence electrons. The fourth-order valence-electron chi connectivity index (χ4n) is 4.22. The number of fused-ring (bicyclic) bond motifs is 1. The van der Waals surface area contributed by atoms with Crippen LogP contribution in [0.25, 0.3) is 11.0 Å². The molecule has 1 aliphatic heterocycles. The Morgan fingerprint density at radius 2 is 1.92 bits per heavy atom. The van der Waals surface area contributed by atoms with E-state index in [0.717, 1.165) is 30.5 Å². The average Bonchev–Trinajstić information content (AvgIpc) is 3.25. The first-order valence-electron chi connectivity index (χ1n) is 8.82. The number of carbonyl (C=O) groups is 1. The van der Waals surface area contributed by atoms with E-state index < -0.39 is 0 Å². The average molecular weight is 326 g/mol. The highest BCUT2D eigenvalue weighted by atomic mass is 16.4. The van der Waals surface area contributed by atoms with Crippen LogP contribution in [0, 0.1) is 5.92 Å². The molecule has 2 aromatic rings. The number of hydrogen-bond acceptors (Lipinski definition) is 3. The Balaban J connectivity index is 1.50. The van der Waals surface area contributed by atoms with Gasteiger partial charge in [-0.25, -0.2) is 9.59 Å². The molecule has 0 spiro atoms. The summed E-state index contributed by atoms with van der Waals surface area (Å²) < 4.78 is 5.13. The van der Waals surface area contributed by atoms with E-state index in [9.17, 15) is 9.59 Å². The molecule has 0 bridgehead atoms. The van der Waals surface area contributed by atoms with E-state index in [2.05, 4.69) is 5.32 Å². The van der Waals surface area contributed by atoms with Crippen molar-refractivity contribution in [2.24, 2.45) is 5.92 Å². The molecule has 24 heavy (non-hydrogen) atoms. The second kappa shape index (κ2) is 6.30. The molecule has 4 rings (SSSR count). The van der Waals surface area contributed by atoms with Gasteiger partial charge in [-0.3, -0.25) is 0 Å². The molecule has 1 N–H and O–H groups in total. The molecule has 2 fully saturated rings. The van der Waals surface area contributed by atoms with Crippen LogP contribution in [0.4, 0.5) is 10.5 Å². The molecule has 1 saturated heterocycles. The zero-order valence-corrected chi connectivity index (χ0v) is 13.7. The fourth-order valence-corrected chi connectivity index (χ4v) is 4.22. The third-order valence-electron chi connectivity index (χ3n) is 5.37. The number of carbonyl (C=O) groups excluding carboxylic acids is 1. The second-order valence-electron chi connectivity index (χ2n) is 6.88. The van der Waals surface area contributed by atoms with Gasteiger partial charge in [-0.2, -0.15) is 0 Å². The molecule has 2 aliphatic rings. The number of hydrogen-bond donors (Lipinski definition) is 1. The van der Waals surface area contributed by atoms with E-state index in [1.54, 1.807) is 18.2 Å². The SMILES string of the molecule is O=C(Nc1ccc2oc(=O)ccc2c1)N1CCCC1C1CCCC1. The van der Waals surface area contributed by atoms with Gasteiger partial charge in [-0.15, -0.1) is 0 Å². The monoisotopic (exact) mass is 326 g/mol. The van der Waals surface area contributed by atoms with Crippen molar-refractivity contribution in [1.29, 1.82) is 0 Å². The van der Waals surface area contributed by atoms with Crippen LogP contribution in [0.2, 0.25) is 0 Å². The third kappa shape index (κ3) is 2.90. The Kier molecular flexibility index (Phi) is 4.00. The van der Waals surface area contributed by atoms with Crippen molar-refractivity contribution >= 4 is 22.7 Å². The van der Waals surface area contributed by atoms with Crippen LogP contribution >= 0.6 is 0 Å². The molecule has 1 aromatic carbocycles. The lowest BCUT2D eigenvalue weighted by molar-refractivity contribution is 0.185. The van der Waals surface area contributed by atoms with Crippen LogP contribution < -0.4 is 10.9 Å². The maximum atomic E-state index is 12.7. The van der Waals surface area contributed by atoms with Gasteiger partial charge in [-0.05, 0) is 55.9 Å². The van der Waals surface area contributed by atoms with Gasteiger partial charge in [0.25, 0.3) is 0 Å². The lowest BCUT2D eigenvalue weighted by Gasteiger charge is -2.29. The Morgan fingerprint density at radius 3 is 2.75 bits per heavy atom. The summed E-state index contributed by atoms with van der Waals surface area (Å²) in [5, 5.41) is 3.82. The van der Waals surface area contributed by atoms with Crippen molar-refractivity contribution in [1.82, 2.24) is 4.90 Å². The van der Waals surface area contributed by atoms with E-state index in [4.69, 9.17) is 4.42 Å². The highest BCUT2D eigenvalue weighted by Crippen LogP contribution is 2.35. The Hall–Kier alpha value is -2.30. The maximum absolute atomic E-state index is 12.7. The van der Waals surface area contributed by atoms with Gasteiger partial charge in [0.05, 0.1) is 0 Å². The number of likely N-dealkylation sites (tertiary alicyclic amines) is 1. The van der Waals surface area contributed by atoms with Crippen molar-refractivity contribution in [3.8, 4) is 0 Å². The first-order valence-corrected chi connectivity index (χ1v) is 8.82. The van der Waals surface area contributed by atoms with Crippen molar-refractivity contribution in [3.63, 3.8) is 0 Å². The quantitative estimate of drug-likeness (QED) is 0.849. The number of nitrogens with one attached hydrogen (secondary N) is 1. The van der Waals surface area contributed by atoms with Gasteiger partial charge in [0.2, 0.25) is 0 Å². The van der Waals surface area contributed by atoms with E-state index in [-0.39, 0.29) is 11.7 Å². The summed E-state index contributed by atoms with van der Waals surface area (Å²) in [5.74, 6) is 0.670. The highest BCUT2D eigenvalue weighted by molar-refractivity contribution is 5.92. The van der Waals surface area contributed by atoms with Crippen LogP contribution in [0.3, 0.4) is 0 Å². The van der Waals surface area contributed by atoms with E-state index >= 15 is 0 Å². The number of amides is 2. The summed E-state index contributed by atoms with van der Waals surface area (Å²) >= 11 is 0. The van der Waals surface area contributed by atoms with E-state index in [1.807, 2.05) is 11.0 Å². The number of nitrogens with zero attached hydrogens (tertiary/aromatic N) is 1. The van der Waals surface area contributed by atoms with Crippen molar-refractivity contribution in [3.05, 3.63) is 40.8 Å². The molecule has 1 saturated carbocycles. The van der Waals surface area contributed by atoms with Gasteiger partial charge in [0, 0.05) is 29.7 Å². The summed E-state index contributed by atoms with van der Waals surface area (Å²) in [4.78, 5) is 26.0. The standard InChI is InChI=1S/C19H22N2O3/c22-18-10-7-14-12-15(8-9-17(14)24-18)20-19(23)21-11-3-6-16(21)13-4-1-2-5-13/h7-10,12-13,16H,1-6,11H2,(H,20,23). The number of urea groups is 1. The normalized spacial score (nSPS) is 21.5. The molecular weight excluding hydrogens is 304 g/mol. The molecule has 1 aromatic heterocycles. The van der Waals surface area contributed by atoms with Gasteiger partial charge >= 0.3 is 11.7 Å². The van der Waals surface area contributed by atoms with Crippen molar-refractivity contribution in [2.75, 3.05) is 11.9 Å². The fraction of sp³-hybridized carbons (Fsp3) is 0.474. The third-order valence-corrected chi connectivity index (χ3v) is 5.37. The van der Waals surface area contributed by atoms with Gasteiger partial charge in [0.15, 0.2) is 0 Å². The molecule has 1 atom stereocenters. The molecule has 2 amide bonds. The van der Waals surface area contributed by atoms with Crippen LogP contribution in [-0.2, 0) is 0 Å². The second-order valence-corrected chi connectivity index (χ2v) is 6.88. The lowest BCUT2D eigenvalue weighted by Crippen LogP contribution is -2.41. The first-order chi connectivity index (χ1) is 11.7. The minimum atomic E-state index is -0.365. The van der Waals surface area contributed by atoms with Crippen LogP contribution in [0.5, 0.6) is 0 Å². The molecular formula is C19H22N2O3. The number of rotatable bonds is 2. The zero-order chi connectivity index (χ0) is 16.5. The summed E-state index contributed by atoms with van der Waals surface area (Å²) in [6.45, 7) is 0.843. The van der Waals surface area contributed by atoms with Crippen LogP contribution in [0.15, 0.2) is 39.5 Å². The Morgan fingerprint density at radius 1 is 1.08 bits per heavy atom. The first kappa shape index (κ1) is 15.2. The predicted molar refractivity (Wildman–Crippen MR) is 93.2 cm³/mol. The zero-order valence-electron chi connectivity index (χ0n) is 13.7. The predicted octanol–water partition coefficient (Wildman–Crippen LogP) is 3.98. The molecule has 5 nitrogen and oxygen atoms in total. The summed E-state index contributed by atoms with van der Waals surface area (Å²) in [6.07, 6.45) is 7.32. The Bertz CT molecular complexity index is 808. The molecule has 1 unspecified atom stereocenters. The maximum Gasteiger partial charge on any atom is 0.336 e. The summed E-state index contributed by atoms with van der Waals surface area (Å²) in [5.41, 5.74) is 0.902. The summed E-state index contributed by atoms with van der Waals surface area (Å²) in [7, 11) is 0. The largest absolute Gasteiger partial charge is 0.423 e. The molecule has 2 heterocycles. The molecule has 1 aliphatic carbocycles. The lowest BCUT2D eigenvalue weighted by atomic mass is 9.96. The highest BCUT2D eigenvalue weighted by Gasteiger charge is 2.35. The van der Waals surface area contributed by atoms with Crippen molar-refractivity contribution < 1.29 is 9.21 Å². The van der Waals surface area contributed by atoms with Crippen molar-refractivity contribution in [2.45, 2.75) is 44.6 Å². The van der Waals surface area contributed by atoms with Crippen LogP contribution in [0.1, 0.15) is 38.5 Å². The summed E-state index contributed by atoms with van der Waals surface area (Å²) in [6, 6.07) is 8.84. The van der Waals surface area contributed by atoms with Gasteiger partial charge in [0.1, 0.15) is 5.58 Å². The van der Waals surface area contributed by atoms with Gasteiger partial charge < -0.3 is 14.6 Å². The number of benzene rings is 1. The number of anilines is 1. The smallest absolute Gasteiger partial charge is 0.336 e. The molecule has 5 heteroatoms. The minimum absolute atomic E-state index is 0.0128. The molecule has 0 radical (unpaired) electrons. The van der Waals surface area contributed by atoms with Gasteiger partial charge in [-0.1, -0.05) is 12.8 Å². The minimum Gasteiger partial charge on any atom is -0.423 e. The van der Waals surface area contributed by atoms with E-state index in [1.165, 1.54) is 31.7 Å². The van der Waals surface area contributed by atoms with Crippen LogP contribution in [-0.4, -0.2) is 23.5 Å². The Labute approximate surface area is 140 Å². The van der Waals surface area contributed by atoms with E-state index in [0.29, 0.717) is 17.5 Å².